The van der Waals surface area contributed by atoms with Crippen molar-refractivity contribution in [3.8, 4) is 0 Å². The van der Waals surface area contributed by atoms with Gasteiger partial charge in [0.15, 0.2) is 0 Å². The molecule has 0 N–H and O–H groups in total. The first-order chi connectivity index (χ1) is 8.87. The zero-order valence-electron chi connectivity index (χ0n) is 13.4. The van der Waals surface area contributed by atoms with Crippen molar-refractivity contribution in [2.45, 2.75) is 72.1 Å². The number of hydrogen-bond donors (Lipinski definition) is 0. The Bertz CT molecular complexity index is 387. The Labute approximate surface area is 119 Å². The highest BCUT2D eigenvalue weighted by molar-refractivity contribution is 5.29. The highest BCUT2D eigenvalue weighted by atomic mass is 14.3. The normalized spacial score (nSPS) is 18.4. The van der Waals surface area contributed by atoms with E-state index in [2.05, 4.69) is 58.9 Å². The van der Waals surface area contributed by atoms with Crippen molar-refractivity contribution in [2.75, 3.05) is 0 Å². The van der Waals surface area contributed by atoms with Crippen LogP contribution in [0.5, 0.6) is 0 Å². The van der Waals surface area contributed by atoms with Crippen LogP contribution in [0, 0.1) is 11.3 Å². The summed E-state index contributed by atoms with van der Waals surface area (Å²) in [6.45, 7) is 11.8. The molecule has 0 aromatic heterocycles. The van der Waals surface area contributed by atoms with Crippen molar-refractivity contribution in [1.82, 2.24) is 0 Å². The molecule has 1 atom stereocenters. The SMILES string of the molecule is CC(C)C(CC(C)(C)C)c1ccc(C2CCC2)cc1. The van der Waals surface area contributed by atoms with E-state index in [-0.39, 0.29) is 0 Å². The molecule has 1 saturated carbocycles. The maximum atomic E-state index is 2.39. The molecule has 0 bridgehead atoms. The summed E-state index contributed by atoms with van der Waals surface area (Å²) in [5.41, 5.74) is 3.50. The van der Waals surface area contributed by atoms with Crippen molar-refractivity contribution in [3.05, 3.63) is 35.4 Å². The van der Waals surface area contributed by atoms with Gasteiger partial charge in [-0.05, 0) is 53.6 Å². The van der Waals surface area contributed by atoms with Crippen LogP contribution in [0.3, 0.4) is 0 Å². The molecule has 1 aromatic rings. The summed E-state index contributed by atoms with van der Waals surface area (Å²) < 4.78 is 0. The molecule has 0 radical (unpaired) electrons. The van der Waals surface area contributed by atoms with E-state index in [0.29, 0.717) is 17.3 Å². The minimum absolute atomic E-state index is 0.404. The summed E-state index contributed by atoms with van der Waals surface area (Å²) in [4.78, 5) is 0. The molecule has 0 spiro atoms. The lowest BCUT2D eigenvalue weighted by molar-refractivity contribution is 0.301. The highest BCUT2D eigenvalue weighted by Crippen LogP contribution is 2.39. The first-order valence-corrected chi connectivity index (χ1v) is 7.97. The van der Waals surface area contributed by atoms with Gasteiger partial charge < -0.3 is 0 Å². The van der Waals surface area contributed by atoms with Crippen LogP contribution >= 0.6 is 0 Å². The molecule has 106 valence electrons. The maximum Gasteiger partial charge on any atom is -0.0134 e. The molecule has 0 aliphatic heterocycles. The monoisotopic (exact) mass is 258 g/mol. The van der Waals surface area contributed by atoms with Gasteiger partial charge in [-0.15, -0.1) is 0 Å². The van der Waals surface area contributed by atoms with E-state index >= 15 is 0 Å². The van der Waals surface area contributed by atoms with Gasteiger partial charge in [0, 0.05) is 0 Å². The second-order valence-electron chi connectivity index (χ2n) is 7.91. The summed E-state index contributed by atoms with van der Waals surface area (Å²) in [6, 6.07) is 9.56. The van der Waals surface area contributed by atoms with Gasteiger partial charge >= 0.3 is 0 Å². The average Bonchev–Trinajstić information content (AvgIpc) is 2.23. The highest BCUT2D eigenvalue weighted by Gasteiger charge is 2.24. The van der Waals surface area contributed by atoms with Gasteiger partial charge in [0.2, 0.25) is 0 Å². The molecule has 0 amide bonds. The minimum atomic E-state index is 0.404. The zero-order valence-corrected chi connectivity index (χ0v) is 13.4. The molecule has 1 fully saturated rings. The molecule has 1 unspecified atom stereocenters. The molecule has 1 aromatic carbocycles. The summed E-state index contributed by atoms with van der Waals surface area (Å²) in [6.07, 6.45) is 5.49. The van der Waals surface area contributed by atoms with E-state index in [1.54, 1.807) is 5.56 Å². The van der Waals surface area contributed by atoms with Crippen molar-refractivity contribution in [1.29, 1.82) is 0 Å². The lowest BCUT2D eigenvalue weighted by atomic mass is 9.75. The maximum absolute atomic E-state index is 2.39. The van der Waals surface area contributed by atoms with Gasteiger partial charge in [-0.25, -0.2) is 0 Å². The average molecular weight is 258 g/mol. The Morgan fingerprint density at radius 3 is 2.00 bits per heavy atom. The van der Waals surface area contributed by atoms with Gasteiger partial charge in [-0.3, -0.25) is 0 Å². The van der Waals surface area contributed by atoms with Gasteiger partial charge in [0.05, 0.1) is 0 Å². The summed E-state index contributed by atoms with van der Waals surface area (Å²) >= 11 is 0. The van der Waals surface area contributed by atoms with Crippen molar-refractivity contribution >= 4 is 0 Å². The molecule has 1 aliphatic carbocycles. The first-order valence-electron chi connectivity index (χ1n) is 7.97. The quantitative estimate of drug-likeness (QED) is 0.609. The van der Waals surface area contributed by atoms with E-state index in [4.69, 9.17) is 0 Å². The molecule has 0 nitrogen and oxygen atoms in total. The lowest BCUT2D eigenvalue weighted by Crippen LogP contribution is -2.16. The fourth-order valence-corrected chi connectivity index (χ4v) is 3.16. The van der Waals surface area contributed by atoms with Crippen molar-refractivity contribution < 1.29 is 0 Å². The standard InChI is InChI=1S/C19H30/c1-14(2)18(13-19(3,4)5)17-11-9-16(10-12-17)15-7-6-8-15/h9-12,14-15,18H,6-8,13H2,1-5H3. The van der Waals surface area contributed by atoms with Gasteiger partial charge in [-0.2, -0.15) is 0 Å². The second kappa shape index (κ2) is 5.69. The molecule has 0 heteroatoms. The summed E-state index contributed by atoms with van der Waals surface area (Å²) in [7, 11) is 0. The van der Waals surface area contributed by atoms with E-state index in [1.165, 1.54) is 31.2 Å². The third-order valence-electron chi connectivity index (χ3n) is 4.58. The van der Waals surface area contributed by atoms with Crippen LogP contribution in [-0.2, 0) is 0 Å². The van der Waals surface area contributed by atoms with Crippen LogP contribution < -0.4 is 0 Å². The molecule has 0 saturated heterocycles. The topological polar surface area (TPSA) is 0 Å². The fourth-order valence-electron chi connectivity index (χ4n) is 3.16. The van der Waals surface area contributed by atoms with E-state index in [1.807, 2.05) is 0 Å². The Hall–Kier alpha value is -0.780. The van der Waals surface area contributed by atoms with Gasteiger partial charge in [0.25, 0.3) is 0 Å². The third-order valence-corrected chi connectivity index (χ3v) is 4.58. The lowest BCUT2D eigenvalue weighted by Gasteiger charge is -2.30. The molecule has 1 aliphatic rings. The van der Waals surface area contributed by atoms with Gasteiger partial charge in [-0.1, -0.05) is 65.3 Å². The van der Waals surface area contributed by atoms with Crippen LogP contribution in [0.15, 0.2) is 24.3 Å². The minimum Gasteiger partial charge on any atom is -0.0622 e. The predicted octanol–water partition coefficient (Wildman–Crippen LogP) is 6.13. The van der Waals surface area contributed by atoms with E-state index in [0.717, 1.165) is 5.92 Å². The molecule has 0 heterocycles. The van der Waals surface area contributed by atoms with E-state index in [9.17, 15) is 0 Å². The van der Waals surface area contributed by atoms with Crippen LogP contribution in [0.25, 0.3) is 0 Å². The predicted molar refractivity (Wildman–Crippen MR) is 84.7 cm³/mol. The van der Waals surface area contributed by atoms with Crippen LogP contribution in [0.1, 0.15) is 83.3 Å². The largest absolute Gasteiger partial charge is 0.0622 e. The smallest absolute Gasteiger partial charge is 0.0134 e. The molecule has 19 heavy (non-hydrogen) atoms. The Balaban J connectivity index is 2.12. The number of benzene rings is 1. The third kappa shape index (κ3) is 3.84. The Kier molecular flexibility index (Phi) is 4.38. The molecular weight excluding hydrogens is 228 g/mol. The van der Waals surface area contributed by atoms with Gasteiger partial charge in [0.1, 0.15) is 0 Å². The van der Waals surface area contributed by atoms with E-state index < -0.39 is 0 Å². The Morgan fingerprint density at radius 1 is 1.05 bits per heavy atom. The summed E-state index contributed by atoms with van der Waals surface area (Å²) in [5, 5.41) is 0. The van der Waals surface area contributed by atoms with Crippen LogP contribution in [0.2, 0.25) is 0 Å². The molecular formula is C19H30. The van der Waals surface area contributed by atoms with Crippen molar-refractivity contribution in [2.24, 2.45) is 11.3 Å². The summed E-state index contributed by atoms with van der Waals surface area (Å²) in [5.74, 6) is 2.26. The van der Waals surface area contributed by atoms with Crippen LogP contribution in [0.4, 0.5) is 0 Å². The van der Waals surface area contributed by atoms with Crippen LogP contribution in [-0.4, -0.2) is 0 Å². The molecule has 2 rings (SSSR count). The first kappa shape index (κ1) is 14.6. The number of hydrogen-bond acceptors (Lipinski definition) is 0. The zero-order chi connectivity index (χ0) is 14.0. The second-order valence-corrected chi connectivity index (χ2v) is 7.91. The Morgan fingerprint density at radius 2 is 1.63 bits per heavy atom. The number of rotatable bonds is 4. The fraction of sp³-hybridized carbons (Fsp3) is 0.684. The van der Waals surface area contributed by atoms with Crippen molar-refractivity contribution in [3.63, 3.8) is 0 Å².